The number of methoxy groups -OCH3 is 1. The van der Waals surface area contributed by atoms with E-state index in [-0.39, 0.29) is 21.4 Å². The Labute approximate surface area is 187 Å². The predicted molar refractivity (Wildman–Crippen MR) is 119 cm³/mol. The number of rotatable bonds is 6. The van der Waals surface area contributed by atoms with Gasteiger partial charge in [-0.2, -0.15) is 4.31 Å². The summed E-state index contributed by atoms with van der Waals surface area (Å²) in [5, 5.41) is 0.0653. The van der Waals surface area contributed by atoms with E-state index >= 15 is 0 Å². The van der Waals surface area contributed by atoms with Crippen molar-refractivity contribution in [2.75, 3.05) is 31.6 Å². The van der Waals surface area contributed by atoms with Crippen LogP contribution in [0.4, 0.5) is 5.69 Å². The monoisotopic (exact) mass is 464 g/mol. The molecule has 0 aromatic heterocycles. The molecule has 0 saturated carbocycles. The van der Waals surface area contributed by atoms with Crippen molar-refractivity contribution in [1.29, 1.82) is 0 Å². The second-order valence-corrected chi connectivity index (χ2v) is 9.40. The van der Waals surface area contributed by atoms with Crippen molar-refractivity contribution in [1.82, 2.24) is 4.31 Å². The minimum atomic E-state index is -3.83. The van der Waals surface area contributed by atoms with Gasteiger partial charge in [0.05, 0.1) is 17.7 Å². The first kappa shape index (κ1) is 23.2. The largest absolute Gasteiger partial charge is 0.465 e. The van der Waals surface area contributed by atoms with Crippen molar-refractivity contribution in [2.45, 2.75) is 31.6 Å². The maximum atomic E-state index is 13.4. The van der Waals surface area contributed by atoms with Crippen LogP contribution in [0.5, 0.6) is 0 Å². The number of hydrogen-bond acceptors (Lipinski definition) is 5. The molecule has 1 aliphatic heterocycles. The van der Waals surface area contributed by atoms with Crippen LogP contribution in [0.15, 0.2) is 41.3 Å². The number of fused-ring (bicyclic) bond motifs is 1. The van der Waals surface area contributed by atoms with Crippen molar-refractivity contribution in [3.8, 4) is 0 Å². The number of esters is 1. The van der Waals surface area contributed by atoms with Crippen LogP contribution in [0.1, 0.15) is 46.5 Å². The van der Waals surface area contributed by atoms with Crippen LogP contribution in [-0.4, -0.2) is 51.3 Å². The molecule has 1 amide bonds. The topological polar surface area (TPSA) is 84.0 Å². The number of hydrogen-bond donors (Lipinski definition) is 0. The number of carbonyl (C=O) groups is 2. The lowest BCUT2D eigenvalue weighted by Crippen LogP contribution is -2.36. The van der Waals surface area contributed by atoms with Gasteiger partial charge < -0.3 is 9.64 Å². The molecule has 0 saturated heterocycles. The van der Waals surface area contributed by atoms with Crippen LogP contribution < -0.4 is 4.90 Å². The molecule has 0 bridgehead atoms. The Kier molecular flexibility index (Phi) is 7.03. The van der Waals surface area contributed by atoms with Gasteiger partial charge in [0.2, 0.25) is 10.0 Å². The Morgan fingerprint density at radius 1 is 1.16 bits per heavy atom. The van der Waals surface area contributed by atoms with Gasteiger partial charge in [-0.05, 0) is 48.7 Å². The highest BCUT2D eigenvalue weighted by atomic mass is 35.5. The molecule has 0 spiro atoms. The maximum Gasteiger partial charge on any atom is 0.338 e. The fourth-order valence-corrected chi connectivity index (χ4v) is 5.79. The quantitative estimate of drug-likeness (QED) is 0.608. The van der Waals surface area contributed by atoms with Crippen LogP contribution in [0.3, 0.4) is 0 Å². The second kappa shape index (κ2) is 9.38. The number of sulfonamides is 1. The van der Waals surface area contributed by atoms with E-state index in [1.807, 2.05) is 0 Å². The first-order chi connectivity index (χ1) is 14.8. The molecule has 7 nitrogen and oxygen atoms in total. The molecule has 31 heavy (non-hydrogen) atoms. The minimum Gasteiger partial charge on any atom is -0.465 e. The molecule has 1 aliphatic rings. The van der Waals surface area contributed by atoms with Gasteiger partial charge in [-0.1, -0.05) is 31.5 Å². The lowest BCUT2D eigenvalue weighted by atomic mass is 9.95. The average Bonchev–Trinajstić information content (AvgIpc) is 2.78. The fraction of sp³-hybridized carbons (Fsp3) is 0.364. The SMILES string of the molecule is CCN(CC)S(=O)(=O)c1cc(C(=O)N2CCCc3c(C(=O)OC)cccc32)ccc1Cl. The van der Waals surface area contributed by atoms with Crippen molar-refractivity contribution in [3.63, 3.8) is 0 Å². The lowest BCUT2D eigenvalue weighted by Gasteiger charge is -2.30. The average molecular weight is 465 g/mol. The van der Waals surface area contributed by atoms with E-state index in [1.54, 1.807) is 36.9 Å². The molecule has 0 fully saturated rings. The van der Waals surface area contributed by atoms with Crippen molar-refractivity contribution in [3.05, 3.63) is 58.1 Å². The highest BCUT2D eigenvalue weighted by Gasteiger charge is 2.30. The third-order valence-electron chi connectivity index (χ3n) is 5.40. The first-order valence-electron chi connectivity index (χ1n) is 10.1. The standard InChI is InChI=1S/C22H25ClN2O5S/c1-4-24(5-2)31(28,29)20-14-15(11-12-18(20)23)21(26)25-13-7-9-16-17(22(27)30-3)8-6-10-19(16)25/h6,8,10-12,14H,4-5,7,9,13H2,1-3H3. The molecular weight excluding hydrogens is 440 g/mol. The summed E-state index contributed by atoms with van der Waals surface area (Å²) in [4.78, 5) is 27.0. The lowest BCUT2D eigenvalue weighted by molar-refractivity contribution is 0.0599. The zero-order valence-electron chi connectivity index (χ0n) is 17.7. The summed E-state index contributed by atoms with van der Waals surface area (Å²) in [6, 6.07) is 9.44. The van der Waals surface area contributed by atoms with Gasteiger partial charge >= 0.3 is 5.97 Å². The first-order valence-corrected chi connectivity index (χ1v) is 11.9. The zero-order valence-corrected chi connectivity index (χ0v) is 19.3. The van der Waals surface area contributed by atoms with Gasteiger partial charge in [-0.3, -0.25) is 4.79 Å². The Hall–Kier alpha value is -2.42. The molecule has 3 rings (SSSR count). The summed E-state index contributed by atoms with van der Waals surface area (Å²) in [6.07, 6.45) is 1.32. The van der Waals surface area contributed by atoms with Crippen LogP contribution in [0, 0.1) is 0 Å². The molecule has 0 N–H and O–H groups in total. The van der Waals surface area contributed by atoms with E-state index in [1.165, 1.54) is 29.6 Å². The molecule has 0 radical (unpaired) electrons. The molecule has 0 unspecified atom stereocenters. The molecule has 9 heteroatoms. The molecule has 1 heterocycles. The van der Waals surface area contributed by atoms with E-state index < -0.39 is 16.0 Å². The number of ether oxygens (including phenoxy) is 1. The Bertz CT molecular complexity index is 1110. The molecule has 2 aromatic rings. The summed E-state index contributed by atoms with van der Waals surface area (Å²) in [6.45, 7) is 4.53. The minimum absolute atomic E-state index is 0.0653. The molecule has 166 valence electrons. The molecular formula is C22H25ClN2O5S. The number of amides is 1. The van der Waals surface area contributed by atoms with E-state index in [2.05, 4.69) is 0 Å². The Morgan fingerprint density at radius 2 is 1.87 bits per heavy atom. The van der Waals surface area contributed by atoms with Gasteiger partial charge in [0.15, 0.2) is 0 Å². The van der Waals surface area contributed by atoms with Crippen molar-refractivity contribution >= 4 is 39.2 Å². The van der Waals surface area contributed by atoms with Crippen molar-refractivity contribution in [2.24, 2.45) is 0 Å². The van der Waals surface area contributed by atoms with Gasteiger partial charge in [-0.15, -0.1) is 0 Å². The summed E-state index contributed by atoms with van der Waals surface area (Å²) >= 11 is 6.20. The Balaban J connectivity index is 2.04. The highest BCUT2D eigenvalue weighted by molar-refractivity contribution is 7.89. The maximum absolute atomic E-state index is 13.4. The van der Waals surface area contributed by atoms with E-state index in [0.717, 1.165) is 5.56 Å². The van der Waals surface area contributed by atoms with Crippen LogP contribution in [-0.2, 0) is 21.2 Å². The smallest absolute Gasteiger partial charge is 0.338 e. The summed E-state index contributed by atoms with van der Waals surface area (Å²) in [5.74, 6) is -0.805. The normalized spacial score (nSPS) is 13.8. The number of anilines is 1. The van der Waals surface area contributed by atoms with Gasteiger partial charge in [-0.25, -0.2) is 13.2 Å². The number of benzene rings is 2. The summed E-state index contributed by atoms with van der Waals surface area (Å²) in [7, 11) is -2.51. The van der Waals surface area contributed by atoms with Crippen molar-refractivity contribution < 1.29 is 22.7 Å². The second-order valence-electron chi connectivity index (χ2n) is 7.09. The van der Waals surface area contributed by atoms with Crippen LogP contribution >= 0.6 is 11.6 Å². The third kappa shape index (κ3) is 4.33. The van der Waals surface area contributed by atoms with Gasteiger partial charge in [0, 0.05) is 30.9 Å². The van der Waals surface area contributed by atoms with Gasteiger partial charge in [0.25, 0.3) is 5.91 Å². The van der Waals surface area contributed by atoms with E-state index in [4.69, 9.17) is 16.3 Å². The van der Waals surface area contributed by atoms with E-state index in [9.17, 15) is 18.0 Å². The summed E-state index contributed by atoms with van der Waals surface area (Å²) in [5.41, 5.74) is 2.02. The zero-order chi connectivity index (χ0) is 22.8. The van der Waals surface area contributed by atoms with Crippen LogP contribution in [0.25, 0.3) is 0 Å². The van der Waals surface area contributed by atoms with E-state index in [0.29, 0.717) is 43.7 Å². The number of halogens is 1. The van der Waals surface area contributed by atoms with Gasteiger partial charge in [0.1, 0.15) is 4.90 Å². The predicted octanol–water partition coefficient (Wildman–Crippen LogP) is 3.75. The highest BCUT2D eigenvalue weighted by Crippen LogP contribution is 2.33. The number of carbonyl (C=O) groups excluding carboxylic acids is 2. The Morgan fingerprint density at radius 3 is 2.52 bits per heavy atom. The number of nitrogens with zero attached hydrogens (tertiary/aromatic N) is 2. The summed E-state index contributed by atoms with van der Waals surface area (Å²) < 4.78 is 32.1. The molecule has 0 atom stereocenters. The molecule has 0 aliphatic carbocycles. The fourth-order valence-electron chi connectivity index (χ4n) is 3.83. The third-order valence-corrected chi connectivity index (χ3v) is 7.93. The van der Waals surface area contributed by atoms with Crippen LogP contribution in [0.2, 0.25) is 5.02 Å². The molecule has 2 aromatic carbocycles.